The Morgan fingerprint density at radius 3 is 1.06 bits per heavy atom. The quantitative estimate of drug-likeness (QED) is 0.0326. The van der Waals surface area contributed by atoms with E-state index in [2.05, 4.69) is 270 Å². The van der Waals surface area contributed by atoms with E-state index in [0.29, 0.717) is 28.0 Å². The van der Waals surface area contributed by atoms with Crippen LogP contribution in [0.4, 0.5) is 28.9 Å². The molecule has 14 nitrogen and oxygen atoms in total. The Hall–Kier alpha value is -8.68. The van der Waals surface area contributed by atoms with Crippen LogP contribution in [0.2, 0.25) is 0 Å². The Morgan fingerprint density at radius 2 is 0.762 bits per heavy atom. The molecule has 0 unspecified atom stereocenters. The molecule has 1 aliphatic heterocycles. The molecule has 3 radical (unpaired) electrons. The number of benzene rings is 10. The second kappa shape index (κ2) is 50.3. The zero-order valence-electron chi connectivity index (χ0n) is 65.0. The summed E-state index contributed by atoms with van der Waals surface area (Å²) in [4.78, 5) is 41.4. The van der Waals surface area contributed by atoms with Gasteiger partial charge in [-0.25, -0.2) is 22.4 Å². The third-order valence-electron chi connectivity index (χ3n) is 17.8. The standard InChI is InChI=1S/C20H13F2N3O2S.C19H20BF2NO3.2C18H15P.C7H5IN2OS.C7H7IO2S.3CH4.B.2ClH.Pd/c1-11-14(9-17(28-11)20-25-23-10-27-20)12-5-7-13(8-6-12)24-19(26)18-15(21)3-2-4-16(18)22;1-18(2)19(3,4)26-20(25-18)12-8-10-13(11-9-12)23-17(24)16-14(21)6-5-7-15(16)22;2*1-4-10-16(11-5-1)19(17-12-6-2-7-13-17)18-14-8-3-9-15-18;1-4-5(8)2-6(12-4)7-10-9-3-11-7;1-4-5(8)3-6(11-4)7(9)10-2;;;;;;;/h2-10H,1H3,(H,24,26);5-11H,1-4H3,(H,23,24);2*1-15H;2-3H,1H3;3H,1-2H3;3*1H4;;2*1H;/q;;;;;;;;;;;;+2/p-2. The Bertz CT molecular complexity index is 5290. The van der Waals surface area contributed by atoms with Crippen LogP contribution in [0.3, 0.4) is 0 Å². The van der Waals surface area contributed by atoms with E-state index in [9.17, 15) is 31.9 Å². The Balaban J connectivity index is 0.000000229. The molecule has 10 aromatic carbocycles. The van der Waals surface area contributed by atoms with Gasteiger partial charge in [-0.05, 0) is 225 Å². The predicted molar refractivity (Wildman–Crippen MR) is 515 cm³/mol. The number of methoxy groups -OCH3 is 1. The Kier molecular flexibility index (Phi) is 42.1. The van der Waals surface area contributed by atoms with Gasteiger partial charge in [0.05, 0.1) is 28.1 Å². The van der Waals surface area contributed by atoms with Crippen molar-refractivity contribution in [3.8, 4) is 32.7 Å². The normalized spacial score (nSPS) is 11.7. The number of carbonyl (C=O) groups is 3. The maximum absolute atomic E-state index is 13.7. The fourth-order valence-electron chi connectivity index (χ4n) is 11.3. The number of aromatic nitrogens is 4. The van der Waals surface area contributed by atoms with Crippen LogP contribution in [0.15, 0.2) is 307 Å². The van der Waals surface area contributed by atoms with Gasteiger partial charge >= 0.3 is 48.1 Å². The summed E-state index contributed by atoms with van der Waals surface area (Å²) in [5, 5.41) is 28.4. The number of nitrogens with one attached hydrogen (secondary N) is 2. The average Bonchev–Trinajstić information content (AvgIpc) is 1.62. The Morgan fingerprint density at radius 1 is 0.451 bits per heavy atom. The molecule has 5 aromatic heterocycles. The number of anilines is 2. The minimum atomic E-state index is -0.906. The van der Waals surface area contributed by atoms with Gasteiger partial charge in [0.2, 0.25) is 12.8 Å². The monoisotopic (exact) mass is 2090 g/mol. The number of nitrogens with zero attached hydrogens (tertiary/aromatic N) is 4. The molecule has 0 saturated carbocycles. The molecular weight excluding hydrogens is 2000 g/mol. The maximum Gasteiger partial charge on any atom is -0.0134 e. The molecule has 16 rings (SSSR count). The predicted octanol–water partition coefficient (Wildman–Crippen LogP) is 23.8. The molecule has 0 bridgehead atoms. The number of carbonyl (C=O) groups excluding carboxylic acids is 3. The van der Waals surface area contributed by atoms with Crippen molar-refractivity contribution in [1.82, 2.24) is 20.4 Å². The van der Waals surface area contributed by atoms with E-state index >= 15 is 0 Å². The summed E-state index contributed by atoms with van der Waals surface area (Å²) in [5.74, 6) is -4.50. The van der Waals surface area contributed by atoms with Gasteiger partial charge in [-0.2, -0.15) is 0 Å². The van der Waals surface area contributed by atoms with Crippen molar-refractivity contribution in [2.75, 3.05) is 17.7 Å². The second-order valence-corrected chi connectivity index (χ2v) is 39.1. The molecule has 6 heterocycles. The van der Waals surface area contributed by atoms with Gasteiger partial charge in [0.25, 0.3) is 23.6 Å². The minimum Gasteiger partial charge on any atom is -0.0622 e. The first-order valence-electron chi connectivity index (χ1n) is 35.9. The van der Waals surface area contributed by atoms with Crippen LogP contribution in [-0.2, 0) is 30.0 Å². The number of hydrogen-bond donors (Lipinski definition) is 2. The topological polar surface area (TPSA) is 181 Å². The van der Waals surface area contributed by atoms with Crippen LogP contribution in [0.1, 0.15) is 95.0 Å². The third-order valence-corrected chi connectivity index (χ3v) is 28.7. The molecular formula is C92H87B2Cl2F4I2N6O8P2PdS3. The van der Waals surface area contributed by atoms with Gasteiger partial charge in [0, 0.05) is 41.6 Å². The van der Waals surface area contributed by atoms with Gasteiger partial charge in [0.15, 0.2) is 0 Å². The van der Waals surface area contributed by atoms with Crippen molar-refractivity contribution in [3.63, 3.8) is 0 Å². The van der Waals surface area contributed by atoms with E-state index in [1.54, 1.807) is 47.7 Å². The summed E-state index contributed by atoms with van der Waals surface area (Å²) in [6.45, 7) is 13.9. The van der Waals surface area contributed by atoms with Crippen molar-refractivity contribution in [2.24, 2.45) is 0 Å². The SMILES string of the molecule is C.C.C.CC1(C)OB(c2ccc(NC(=O)c3c(F)cccc3F)cc2)OC1(C)C.COC(=O)c1cc(I)c(C)s1.Cc1sc(-c2nnco2)cc1-c1ccc(NC(=O)c2c(F)cccc2F)cc1.Cc1sc(-c2nnco2)cc1I.[B].[Cl][Pd][Cl].c1ccc(P(c2ccccc2)c2ccccc2)cc1.c1ccc(P(c2ccccc2)c2ccccc2)cc1. The van der Waals surface area contributed by atoms with E-state index in [-0.39, 0.29) is 52.6 Å². The van der Waals surface area contributed by atoms with Crippen LogP contribution in [0.25, 0.3) is 32.7 Å². The van der Waals surface area contributed by atoms with Gasteiger partial charge in [0.1, 0.15) is 39.3 Å². The molecule has 30 heteroatoms. The van der Waals surface area contributed by atoms with E-state index in [1.807, 2.05) is 71.9 Å². The molecule has 15 aromatic rings. The van der Waals surface area contributed by atoms with Crippen molar-refractivity contribution in [2.45, 2.75) is 81.9 Å². The number of thiophene rings is 3. The van der Waals surface area contributed by atoms with Crippen molar-refractivity contribution >= 4 is 196 Å². The fourth-order valence-corrected chi connectivity index (χ4v) is 20.2. The maximum atomic E-state index is 13.7. The molecule has 0 atom stereocenters. The molecule has 2 N–H and O–H groups in total. The molecule has 1 aliphatic rings. The summed E-state index contributed by atoms with van der Waals surface area (Å²) in [5.41, 5.74) is 1.44. The molecule has 0 spiro atoms. The van der Waals surface area contributed by atoms with Crippen LogP contribution >= 0.6 is 114 Å². The number of hydrogen-bond acceptors (Lipinski definition) is 15. The summed E-state index contributed by atoms with van der Waals surface area (Å²) in [6, 6.07) is 90.8. The number of rotatable bonds is 15. The Labute approximate surface area is 771 Å². The van der Waals surface area contributed by atoms with Crippen molar-refractivity contribution in [3.05, 3.63) is 359 Å². The first-order valence-corrected chi connectivity index (χ1v) is 47.2. The van der Waals surface area contributed by atoms with Crippen LogP contribution in [0, 0.1) is 51.2 Å². The number of aryl methyl sites for hydroxylation is 3. The first-order chi connectivity index (χ1) is 56.9. The number of ether oxygens (including phenoxy) is 1. The van der Waals surface area contributed by atoms with E-state index < -0.39 is 80.4 Å². The smallest absolute Gasteiger partial charge is 0.0134 e. The average molecular weight is 2090 g/mol. The first kappa shape index (κ1) is 102. The third kappa shape index (κ3) is 28.4. The summed E-state index contributed by atoms with van der Waals surface area (Å²) in [7, 11) is 9.61. The zero-order chi connectivity index (χ0) is 84.3. The summed E-state index contributed by atoms with van der Waals surface area (Å²) in [6.07, 6.45) is 2.62. The van der Waals surface area contributed by atoms with Crippen molar-refractivity contribution < 1.29 is 70.8 Å². The molecule has 1 fully saturated rings. The number of amides is 2. The largest absolute Gasteiger partial charge is 0.0622 e. The summed E-state index contributed by atoms with van der Waals surface area (Å²) >= 11 is 9.05. The fraction of sp³-hybridized carbons (Fsp3) is 0.141. The molecule has 1 saturated heterocycles. The van der Waals surface area contributed by atoms with Gasteiger partial charge in [-0.1, -0.05) is 241 Å². The molecule has 2 amide bonds. The van der Waals surface area contributed by atoms with Crippen molar-refractivity contribution in [1.29, 1.82) is 0 Å². The van der Waals surface area contributed by atoms with E-state index in [1.165, 1.54) is 95.0 Å². The van der Waals surface area contributed by atoms with Crippen LogP contribution < -0.4 is 47.9 Å². The second-order valence-electron chi connectivity index (χ2n) is 26.2. The van der Waals surface area contributed by atoms with Crippen LogP contribution in [-0.4, -0.2) is 72.0 Å². The minimum absolute atomic E-state index is 0. The van der Waals surface area contributed by atoms with E-state index in [0.717, 1.165) is 63.9 Å². The molecule has 122 heavy (non-hydrogen) atoms. The van der Waals surface area contributed by atoms with E-state index in [4.69, 9.17) is 37.2 Å². The van der Waals surface area contributed by atoms with Gasteiger partial charge in [-0.15, -0.1) is 54.4 Å². The van der Waals surface area contributed by atoms with Gasteiger partial charge in [-0.3, -0.25) is 9.59 Å². The molecule has 0 aliphatic carbocycles. The molecule has 633 valence electrons. The van der Waals surface area contributed by atoms with Gasteiger partial charge < -0.3 is 33.5 Å². The zero-order valence-corrected chi connectivity index (χ0v) is 76.6. The number of halogens is 8. The van der Waals surface area contributed by atoms with Crippen LogP contribution in [0.5, 0.6) is 0 Å². The summed E-state index contributed by atoms with van der Waals surface area (Å²) < 4.78 is 84.0. The number of esters is 1.